The molecule has 4 N–H and O–H groups in total. The fourth-order valence-electron chi connectivity index (χ4n) is 10.0. The number of carbonyl (C=O) groups excluding carboxylic acids is 5. The Kier molecular flexibility index (Phi) is 18.4. The fourth-order valence-corrected chi connectivity index (χ4v) is 11.1. The molecule has 4 aromatic rings. The molecular weight excluding hydrogens is 966 g/mol. The quantitative estimate of drug-likeness (QED) is 0.0458. The van der Waals surface area contributed by atoms with Gasteiger partial charge in [-0.1, -0.05) is 98.2 Å². The minimum atomic E-state index is -0.995. The van der Waals surface area contributed by atoms with Gasteiger partial charge in [-0.3, -0.25) is 24.0 Å². The molecule has 73 heavy (non-hydrogen) atoms. The SMILES string of the molecule is Cc1ncsc1-c1ccc([C@H](C)NC(=O)[C@@H]2C[C@@H](OC(=O)C(C)C)CN2C(=O)[C@@H](NC(=O)COCCCCCNc2ccc(C(=O)N[C@H]3C(C)(C)[C@H](Oc4ccc(C#N)c(Cl)c4)C3(C)C)cc2)C(C)(C)C)cc1. The van der Waals surface area contributed by atoms with Gasteiger partial charge in [-0.2, -0.15) is 5.26 Å². The highest BCUT2D eigenvalue weighted by Gasteiger charge is 2.64. The van der Waals surface area contributed by atoms with E-state index >= 15 is 0 Å². The van der Waals surface area contributed by atoms with Crippen LogP contribution in [0.3, 0.4) is 0 Å². The molecule has 17 heteroatoms. The number of aromatic nitrogens is 1. The van der Waals surface area contributed by atoms with E-state index in [-0.39, 0.29) is 66.3 Å². The number of ether oxygens (including phenoxy) is 3. The van der Waals surface area contributed by atoms with E-state index in [9.17, 15) is 29.2 Å². The van der Waals surface area contributed by atoms with Crippen LogP contribution < -0.4 is 26.0 Å². The number of esters is 1. The van der Waals surface area contributed by atoms with E-state index in [1.807, 2.05) is 76.5 Å². The third-order valence-corrected chi connectivity index (χ3v) is 15.2. The Morgan fingerprint density at radius 2 is 1.62 bits per heavy atom. The summed E-state index contributed by atoms with van der Waals surface area (Å²) in [5.74, 6) is -1.67. The maximum absolute atomic E-state index is 14.4. The molecule has 1 aliphatic carbocycles. The van der Waals surface area contributed by atoms with Crippen molar-refractivity contribution in [1.29, 1.82) is 5.26 Å². The second-order valence-electron chi connectivity index (χ2n) is 21.9. The van der Waals surface area contributed by atoms with Crippen molar-refractivity contribution >= 4 is 58.2 Å². The molecule has 3 aromatic carbocycles. The number of benzene rings is 3. The molecule has 2 heterocycles. The van der Waals surface area contributed by atoms with Crippen molar-refractivity contribution in [1.82, 2.24) is 25.8 Å². The Morgan fingerprint density at radius 1 is 0.932 bits per heavy atom. The Hall–Kier alpha value is -6.02. The largest absolute Gasteiger partial charge is 0.489 e. The van der Waals surface area contributed by atoms with Crippen LogP contribution >= 0.6 is 22.9 Å². The molecule has 2 aliphatic rings. The lowest BCUT2D eigenvalue weighted by atomic mass is 9.49. The fraction of sp³-hybridized carbons (Fsp3) is 0.518. The van der Waals surface area contributed by atoms with Crippen molar-refractivity contribution in [2.24, 2.45) is 22.2 Å². The number of nitriles is 1. The van der Waals surface area contributed by atoms with Gasteiger partial charge in [-0.15, -0.1) is 11.3 Å². The predicted molar refractivity (Wildman–Crippen MR) is 284 cm³/mol. The number of carbonyl (C=O) groups is 5. The van der Waals surface area contributed by atoms with Crippen LogP contribution in [-0.2, 0) is 28.7 Å². The normalized spacial score (nSPS) is 19.7. The lowest BCUT2D eigenvalue weighted by Gasteiger charge is -2.63. The number of hydrogen-bond donors (Lipinski definition) is 4. The average Bonchev–Trinajstić information content (AvgIpc) is 3.98. The average molecular weight is 1040 g/mol. The smallest absolute Gasteiger partial charge is 0.308 e. The van der Waals surface area contributed by atoms with Crippen molar-refractivity contribution in [2.45, 2.75) is 138 Å². The highest BCUT2D eigenvalue weighted by atomic mass is 35.5. The number of nitrogens with zero attached hydrogens (tertiary/aromatic N) is 3. The van der Waals surface area contributed by atoms with Crippen LogP contribution in [0.4, 0.5) is 5.69 Å². The lowest BCUT2D eigenvalue weighted by Crippen LogP contribution is -2.74. The van der Waals surface area contributed by atoms with E-state index in [1.54, 1.807) is 55.5 Å². The summed E-state index contributed by atoms with van der Waals surface area (Å²) in [5, 5.41) is 22.1. The first-order valence-electron chi connectivity index (χ1n) is 25.1. The number of anilines is 1. The van der Waals surface area contributed by atoms with Crippen molar-refractivity contribution in [3.8, 4) is 22.3 Å². The molecule has 0 radical (unpaired) electrons. The van der Waals surface area contributed by atoms with Gasteiger partial charge in [0.1, 0.15) is 42.7 Å². The minimum absolute atomic E-state index is 0.0128. The number of thiazole rings is 1. The van der Waals surface area contributed by atoms with Crippen LogP contribution in [0.2, 0.25) is 5.02 Å². The van der Waals surface area contributed by atoms with E-state index in [1.165, 1.54) is 4.90 Å². The number of likely N-dealkylation sites (tertiary alicyclic amines) is 1. The summed E-state index contributed by atoms with van der Waals surface area (Å²) in [5.41, 5.74) is 5.00. The standard InChI is InChI=1S/C56H72ClN7O8S/c1-33(2)51(69)71-42-28-44(49(67)61-34(3)36-15-17-37(18-16-36)46-35(4)60-32-73-46)64(30-42)50(68)47(54(5,6)7)62-45(65)31-70-26-14-12-13-25-59-40-22-19-38(20-23-40)48(66)63-52-55(8,9)53(56(52,10)11)72-41-24-21-39(29-58)43(57)27-41/h15-24,27,32-34,42,44,47,52-53,59H,12-14,25-26,28,30-31H2,1-11H3,(H,61,67)(H,62,65)(H,63,66)/t34-,42+,44-,47+,52-,53-/m0/s1. The van der Waals surface area contributed by atoms with Gasteiger partial charge >= 0.3 is 5.97 Å². The predicted octanol–water partition coefficient (Wildman–Crippen LogP) is 9.43. The molecule has 1 saturated carbocycles. The third kappa shape index (κ3) is 13.8. The molecule has 0 spiro atoms. The molecule has 1 saturated heterocycles. The molecule has 1 aliphatic heterocycles. The lowest BCUT2D eigenvalue weighted by molar-refractivity contribution is -0.164. The molecule has 0 unspecified atom stereocenters. The summed E-state index contributed by atoms with van der Waals surface area (Å²) in [7, 11) is 0. The first kappa shape index (κ1) is 56.3. The van der Waals surface area contributed by atoms with Gasteiger partial charge in [0, 0.05) is 53.8 Å². The summed E-state index contributed by atoms with van der Waals surface area (Å²) in [6.45, 7) is 21.9. The van der Waals surface area contributed by atoms with Crippen molar-refractivity contribution < 1.29 is 38.2 Å². The highest BCUT2D eigenvalue weighted by Crippen LogP contribution is 2.55. The summed E-state index contributed by atoms with van der Waals surface area (Å²) < 4.78 is 17.9. The van der Waals surface area contributed by atoms with Crippen LogP contribution in [0.25, 0.3) is 10.4 Å². The zero-order chi connectivity index (χ0) is 53.4. The molecule has 0 bridgehead atoms. The van der Waals surface area contributed by atoms with E-state index in [0.29, 0.717) is 41.5 Å². The van der Waals surface area contributed by atoms with Gasteiger partial charge in [0.15, 0.2) is 0 Å². The van der Waals surface area contributed by atoms with Crippen molar-refractivity contribution in [2.75, 3.05) is 31.6 Å². The van der Waals surface area contributed by atoms with Crippen LogP contribution in [0.5, 0.6) is 5.75 Å². The van der Waals surface area contributed by atoms with Crippen molar-refractivity contribution in [3.05, 3.63) is 99.6 Å². The van der Waals surface area contributed by atoms with Crippen LogP contribution in [0, 0.1) is 40.4 Å². The van der Waals surface area contributed by atoms with E-state index < -0.39 is 41.4 Å². The van der Waals surface area contributed by atoms with E-state index in [4.69, 9.17) is 25.8 Å². The Morgan fingerprint density at radius 3 is 2.22 bits per heavy atom. The maximum Gasteiger partial charge on any atom is 0.308 e. The number of rotatable bonds is 21. The van der Waals surface area contributed by atoms with E-state index in [2.05, 4.69) is 60.0 Å². The molecule has 6 rings (SSSR count). The first-order chi connectivity index (χ1) is 34.4. The molecule has 15 nitrogen and oxygen atoms in total. The van der Waals surface area contributed by atoms with Crippen LogP contribution in [0.15, 0.2) is 72.2 Å². The van der Waals surface area contributed by atoms with Gasteiger partial charge in [0.2, 0.25) is 17.7 Å². The molecule has 4 atom stereocenters. The second-order valence-corrected chi connectivity index (χ2v) is 23.1. The molecule has 2 fully saturated rings. The Balaban J connectivity index is 0.930. The number of hydrogen-bond acceptors (Lipinski definition) is 12. The summed E-state index contributed by atoms with van der Waals surface area (Å²) >= 11 is 7.82. The second kappa shape index (κ2) is 23.9. The molecular formula is C56H72ClN7O8S. The van der Waals surface area contributed by atoms with Gasteiger partial charge in [0.05, 0.1) is 45.2 Å². The maximum atomic E-state index is 14.4. The molecule has 1 aromatic heterocycles. The highest BCUT2D eigenvalue weighted by molar-refractivity contribution is 7.13. The number of halogens is 1. The Bertz CT molecular complexity index is 2620. The van der Waals surface area contributed by atoms with Crippen LogP contribution in [0.1, 0.15) is 128 Å². The zero-order valence-electron chi connectivity index (χ0n) is 44.0. The van der Waals surface area contributed by atoms with Gasteiger partial charge < -0.3 is 40.4 Å². The van der Waals surface area contributed by atoms with Crippen molar-refractivity contribution in [3.63, 3.8) is 0 Å². The number of aryl methyl sites for hydroxylation is 1. The van der Waals surface area contributed by atoms with E-state index in [0.717, 1.165) is 40.2 Å². The Labute approximate surface area is 439 Å². The minimum Gasteiger partial charge on any atom is -0.489 e. The summed E-state index contributed by atoms with van der Waals surface area (Å²) in [6, 6.07) is 19.9. The summed E-state index contributed by atoms with van der Waals surface area (Å²) in [6.07, 6.45) is 1.62. The summed E-state index contributed by atoms with van der Waals surface area (Å²) in [4.78, 5) is 74.7. The number of unbranched alkanes of at least 4 members (excludes halogenated alkanes) is 2. The van der Waals surface area contributed by atoms with Gasteiger partial charge in [0.25, 0.3) is 5.91 Å². The third-order valence-electron chi connectivity index (χ3n) is 13.9. The monoisotopic (exact) mass is 1040 g/mol. The first-order valence-corrected chi connectivity index (χ1v) is 26.4. The zero-order valence-corrected chi connectivity index (χ0v) is 45.6. The molecule has 4 amide bonds. The number of nitrogens with one attached hydrogen (secondary N) is 4. The van der Waals surface area contributed by atoms with Gasteiger partial charge in [-0.05, 0) is 86.1 Å². The van der Waals surface area contributed by atoms with Crippen LogP contribution in [-0.4, -0.2) is 96.1 Å². The topological polar surface area (TPSA) is 201 Å². The van der Waals surface area contributed by atoms with Gasteiger partial charge in [-0.25, -0.2) is 4.98 Å². The molecule has 392 valence electrons. The number of amides is 4.